The van der Waals surface area contributed by atoms with Crippen LogP contribution in [0.1, 0.15) is 5.56 Å². The molecule has 0 atom stereocenters. The van der Waals surface area contributed by atoms with Gasteiger partial charge in [0.1, 0.15) is 5.58 Å². The van der Waals surface area contributed by atoms with Gasteiger partial charge >= 0.3 is 11.8 Å². The highest BCUT2D eigenvalue weighted by Crippen LogP contribution is 2.33. The van der Waals surface area contributed by atoms with Crippen LogP contribution >= 0.6 is 0 Å². The minimum atomic E-state index is -4.48. The zero-order valence-electron chi connectivity index (χ0n) is 7.26. The van der Waals surface area contributed by atoms with E-state index < -0.39 is 17.4 Å². The van der Waals surface area contributed by atoms with Gasteiger partial charge in [-0.1, -0.05) is 0 Å². The molecule has 5 heteroatoms. The lowest BCUT2D eigenvalue weighted by molar-refractivity contribution is -0.136. The summed E-state index contributed by atoms with van der Waals surface area (Å²) >= 11 is 0. The Balaban J connectivity index is 2.83. The molecule has 0 aliphatic rings. The number of benzene rings is 1. The molecular weight excluding hydrogens is 209 g/mol. The van der Waals surface area contributed by atoms with Gasteiger partial charge in [0.05, 0.1) is 5.56 Å². The highest BCUT2D eigenvalue weighted by atomic mass is 19.4. The topological polar surface area (TPSA) is 30.2 Å². The van der Waals surface area contributed by atoms with E-state index in [2.05, 4.69) is 10.5 Å². The number of alkyl halides is 3. The molecule has 0 amide bonds. The number of fused-ring (bicyclic) bond motifs is 1. The Morgan fingerprint density at radius 2 is 1.93 bits per heavy atom. The van der Waals surface area contributed by atoms with Crippen LogP contribution in [0.25, 0.3) is 11.0 Å². The Bertz CT molecular complexity index is 554. The van der Waals surface area contributed by atoms with Gasteiger partial charge in [0.2, 0.25) is 0 Å². The Kier molecular flexibility index (Phi) is 2.03. The van der Waals surface area contributed by atoms with E-state index in [1.165, 1.54) is 6.07 Å². The van der Waals surface area contributed by atoms with Crippen molar-refractivity contribution in [2.75, 3.05) is 0 Å². The number of halogens is 3. The molecule has 2 aromatic rings. The molecule has 15 heavy (non-hydrogen) atoms. The molecule has 1 radical (unpaired) electrons. The summed E-state index contributed by atoms with van der Waals surface area (Å²) in [6.45, 7) is 0. The minimum Gasteiger partial charge on any atom is -0.423 e. The van der Waals surface area contributed by atoms with E-state index in [1.54, 1.807) is 0 Å². The summed E-state index contributed by atoms with van der Waals surface area (Å²) in [5.41, 5.74) is -1.66. The molecule has 0 saturated heterocycles. The molecule has 2 nitrogen and oxygen atoms in total. The standard InChI is InChI=1S/C10H4F3O2/c11-10(12,13)7-2-1-3-8-6(7)4-5-9(14)15-8/h2-5H. The van der Waals surface area contributed by atoms with Crippen molar-refractivity contribution in [1.82, 2.24) is 0 Å². The van der Waals surface area contributed by atoms with Gasteiger partial charge in [-0.25, -0.2) is 4.79 Å². The quantitative estimate of drug-likeness (QED) is 0.629. The van der Waals surface area contributed by atoms with Gasteiger partial charge in [-0.05, 0) is 24.3 Å². The molecule has 77 valence electrons. The third-order valence-electron chi connectivity index (χ3n) is 1.90. The lowest BCUT2D eigenvalue weighted by Gasteiger charge is -2.08. The summed E-state index contributed by atoms with van der Waals surface area (Å²) in [4.78, 5) is 10.8. The van der Waals surface area contributed by atoms with E-state index in [9.17, 15) is 18.0 Å². The van der Waals surface area contributed by atoms with Crippen LogP contribution in [0.2, 0.25) is 0 Å². The number of hydrogen-bond acceptors (Lipinski definition) is 2. The third kappa shape index (κ3) is 1.72. The molecule has 0 aliphatic heterocycles. The number of rotatable bonds is 0. The normalized spacial score (nSPS) is 11.9. The van der Waals surface area contributed by atoms with Crippen LogP contribution in [0, 0.1) is 6.07 Å². The van der Waals surface area contributed by atoms with E-state index in [0.29, 0.717) is 0 Å². The molecule has 1 heterocycles. The first-order valence-electron chi connectivity index (χ1n) is 3.99. The van der Waals surface area contributed by atoms with Crippen molar-refractivity contribution >= 4 is 11.0 Å². The minimum absolute atomic E-state index is 0.114. The second-order valence-corrected chi connectivity index (χ2v) is 2.90. The molecule has 0 aliphatic carbocycles. The summed E-state index contributed by atoms with van der Waals surface area (Å²) in [6.07, 6.45) is -4.48. The van der Waals surface area contributed by atoms with Gasteiger partial charge in [0.25, 0.3) is 0 Å². The molecule has 0 bridgehead atoms. The second kappa shape index (κ2) is 3.12. The molecule has 0 N–H and O–H groups in total. The average Bonchev–Trinajstić information content (AvgIpc) is 2.15. The molecule has 0 saturated carbocycles. The smallest absolute Gasteiger partial charge is 0.417 e. The van der Waals surface area contributed by atoms with Crippen molar-refractivity contribution in [2.24, 2.45) is 0 Å². The molecule has 1 aromatic carbocycles. The zero-order chi connectivity index (χ0) is 11.1. The predicted molar refractivity (Wildman–Crippen MR) is 46.3 cm³/mol. The third-order valence-corrected chi connectivity index (χ3v) is 1.90. The molecule has 2 rings (SSSR count). The molecular formula is C10H4F3O2. The van der Waals surface area contributed by atoms with Gasteiger partial charge in [-0.2, -0.15) is 13.2 Å². The summed E-state index contributed by atoms with van der Waals surface area (Å²) in [7, 11) is 0. The Morgan fingerprint density at radius 3 is 2.60 bits per heavy atom. The van der Waals surface area contributed by atoms with Crippen LogP contribution in [0.15, 0.2) is 33.5 Å². The van der Waals surface area contributed by atoms with Crippen LogP contribution in [0.5, 0.6) is 0 Å². The fraction of sp³-hybridized carbons (Fsp3) is 0.100. The molecule has 0 unspecified atom stereocenters. The number of hydrogen-bond donors (Lipinski definition) is 0. The molecule has 1 aromatic heterocycles. The van der Waals surface area contributed by atoms with Crippen molar-refractivity contribution in [2.45, 2.75) is 6.18 Å². The maximum Gasteiger partial charge on any atom is 0.417 e. The van der Waals surface area contributed by atoms with Crippen molar-refractivity contribution in [1.29, 1.82) is 0 Å². The predicted octanol–water partition coefficient (Wildman–Crippen LogP) is 2.61. The highest BCUT2D eigenvalue weighted by molar-refractivity contribution is 5.80. The maximum atomic E-state index is 12.5. The first-order valence-corrected chi connectivity index (χ1v) is 3.99. The second-order valence-electron chi connectivity index (χ2n) is 2.90. The summed E-state index contributed by atoms with van der Waals surface area (Å²) in [5.74, 6) is 0. The van der Waals surface area contributed by atoms with Gasteiger partial charge in [0.15, 0.2) is 0 Å². The lowest BCUT2D eigenvalue weighted by atomic mass is 10.1. The van der Waals surface area contributed by atoms with Crippen LogP contribution < -0.4 is 5.63 Å². The first-order chi connectivity index (χ1) is 6.98. The summed E-state index contributed by atoms with van der Waals surface area (Å²) in [6, 6.07) is 6.36. The van der Waals surface area contributed by atoms with Crippen molar-refractivity contribution in [3.8, 4) is 0 Å². The Hall–Kier alpha value is -1.78. The first kappa shape index (κ1) is 9.76. The highest BCUT2D eigenvalue weighted by Gasteiger charge is 2.32. The average molecular weight is 213 g/mol. The van der Waals surface area contributed by atoms with E-state index in [4.69, 9.17) is 0 Å². The Labute approximate surface area is 81.9 Å². The van der Waals surface area contributed by atoms with Crippen molar-refractivity contribution in [3.63, 3.8) is 0 Å². The van der Waals surface area contributed by atoms with Crippen LogP contribution in [-0.4, -0.2) is 0 Å². The van der Waals surface area contributed by atoms with Crippen molar-refractivity contribution < 1.29 is 17.6 Å². The largest absolute Gasteiger partial charge is 0.423 e. The van der Waals surface area contributed by atoms with Gasteiger partial charge in [0, 0.05) is 11.5 Å². The van der Waals surface area contributed by atoms with Gasteiger partial charge in [-0.15, -0.1) is 0 Å². The Morgan fingerprint density at radius 1 is 1.20 bits per heavy atom. The maximum absolute atomic E-state index is 12.5. The zero-order valence-corrected chi connectivity index (χ0v) is 7.26. The summed E-state index contributed by atoms with van der Waals surface area (Å²) < 4.78 is 42.0. The van der Waals surface area contributed by atoms with Crippen LogP contribution in [0.3, 0.4) is 0 Å². The SMILES string of the molecule is O=c1ccc2c(C(F)(F)F)c[c]cc2o1. The van der Waals surface area contributed by atoms with Gasteiger partial charge < -0.3 is 4.42 Å². The summed E-state index contributed by atoms with van der Waals surface area (Å²) in [5, 5.41) is -0.138. The fourth-order valence-electron chi connectivity index (χ4n) is 1.27. The monoisotopic (exact) mass is 213 g/mol. The van der Waals surface area contributed by atoms with E-state index in [1.807, 2.05) is 0 Å². The van der Waals surface area contributed by atoms with Crippen molar-refractivity contribution in [3.05, 3.63) is 46.3 Å². The van der Waals surface area contributed by atoms with E-state index >= 15 is 0 Å². The molecule has 0 spiro atoms. The van der Waals surface area contributed by atoms with Gasteiger partial charge in [-0.3, -0.25) is 0 Å². The van der Waals surface area contributed by atoms with Crippen LogP contribution in [0.4, 0.5) is 13.2 Å². The van der Waals surface area contributed by atoms with E-state index in [0.717, 1.165) is 18.2 Å². The molecule has 0 fully saturated rings. The lowest BCUT2D eigenvalue weighted by Crippen LogP contribution is -2.06. The van der Waals surface area contributed by atoms with Crippen LogP contribution in [-0.2, 0) is 6.18 Å². The van der Waals surface area contributed by atoms with E-state index in [-0.39, 0.29) is 11.0 Å². The fourth-order valence-corrected chi connectivity index (χ4v) is 1.27.